The molecule has 0 fully saturated rings. The molecule has 0 aliphatic heterocycles. The zero-order chi connectivity index (χ0) is 13.8. The van der Waals surface area contributed by atoms with Gasteiger partial charge in [-0.1, -0.05) is 25.6 Å². The van der Waals surface area contributed by atoms with Crippen LogP contribution in [0.4, 0.5) is 11.6 Å². The highest BCUT2D eigenvalue weighted by atomic mass is 32.2. The molecule has 0 aliphatic carbocycles. The Kier molecular flexibility index (Phi) is 5.22. The lowest BCUT2D eigenvalue weighted by molar-refractivity contribution is 0.0514. The van der Waals surface area contributed by atoms with Crippen LogP contribution in [0.2, 0.25) is 0 Å². The summed E-state index contributed by atoms with van der Waals surface area (Å²) in [6.07, 6.45) is 2.63. The summed E-state index contributed by atoms with van der Waals surface area (Å²) >= 11 is 1.44. The molecule has 0 saturated carbocycles. The van der Waals surface area contributed by atoms with Crippen molar-refractivity contribution in [3.8, 4) is 0 Å². The zero-order valence-corrected chi connectivity index (χ0v) is 12.2. The van der Waals surface area contributed by atoms with Crippen LogP contribution in [0.25, 0.3) is 0 Å². The second-order valence-electron chi connectivity index (χ2n) is 5.11. The molecule has 0 radical (unpaired) electrons. The molecule has 0 aromatic carbocycles. The van der Waals surface area contributed by atoms with Gasteiger partial charge in [0.05, 0.1) is 5.60 Å². The van der Waals surface area contributed by atoms with Crippen molar-refractivity contribution in [2.24, 2.45) is 5.92 Å². The van der Waals surface area contributed by atoms with E-state index in [2.05, 4.69) is 29.1 Å². The minimum atomic E-state index is -0.757. The SMILES string of the molecule is CSc1nc(N)cc(NCC(C)(O)CC(C)C)n1. The average Bonchev–Trinajstić information content (AvgIpc) is 2.24. The van der Waals surface area contributed by atoms with Crippen LogP contribution >= 0.6 is 11.8 Å². The number of thioether (sulfide) groups is 1. The van der Waals surface area contributed by atoms with Gasteiger partial charge in [0.15, 0.2) is 5.16 Å². The highest BCUT2D eigenvalue weighted by Crippen LogP contribution is 2.19. The van der Waals surface area contributed by atoms with Gasteiger partial charge >= 0.3 is 0 Å². The Labute approximate surface area is 113 Å². The predicted molar refractivity (Wildman–Crippen MR) is 76.8 cm³/mol. The third kappa shape index (κ3) is 5.10. The molecule has 0 spiro atoms. The third-order valence-corrected chi connectivity index (χ3v) is 2.95. The number of nitrogen functional groups attached to an aromatic ring is 1. The molecule has 18 heavy (non-hydrogen) atoms. The van der Waals surface area contributed by atoms with Gasteiger partial charge in [-0.25, -0.2) is 9.97 Å². The Balaban J connectivity index is 2.65. The molecule has 1 rings (SSSR count). The minimum absolute atomic E-state index is 0.431. The van der Waals surface area contributed by atoms with Gasteiger partial charge in [-0.15, -0.1) is 0 Å². The van der Waals surface area contributed by atoms with Crippen LogP contribution in [0, 0.1) is 5.92 Å². The first-order valence-electron chi connectivity index (χ1n) is 5.97. The molecule has 0 amide bonds. The van der Waals surface area contributed by atoms with Gasteiger partial charge in [0.2, 0.25) is 0 Å². The largest absolute Gasteiger partial charge is 0.388 e. The first-order chi connectivity index (χ1) is 8.32. The van der Waals surface area contributed by atoms with Gasteiger partial charge in [0.1, 0.15) is 11.6 Å². The summed E-state index contributed by atoms with van der Waals surface area (Å²) in [4.78, 5) is 8.36. The van der Waals surface area contributed by atoms with Crippen LogP contribution < -0.4 is 11.1 Å². The van der Waals surface area contributed by atoms with Crippen LogP contribution in [-0.4, -0.2) is 33.5 Å². The second kappa shape index (κ2) is 6.24. The number of anilines is 2. The van der Waals surface area contributed by atoms with Crippen LogP contribution in [0.1, 0.15) is 27.2 Å². The fourth-order valence-corrected chi connectivity index (χ4v) is 2.24. The number of rotatable bonds is 6. The molecule has 0 saturated heterocycles. The molecule has 0 bridgehead atoms. The summed E-state index contributed by atoms with van der Waals surface area (Å²) in [6.45, 7) is 6.43. The smallest absolute Gasteiger partial charge is 0.191 e. The van der Waals surface area contributed by atoms with Crippen molar-refractivity contribution in [1.29, 1.82) is 0 Å². The van der Waals surface area contributed by atoms with E-state index in [-0.39, 0.29) is 0 Å². The van der Waals surface area contributed by atoms with Gasteiger partial charge < -0.3 is 16.2 Å². The fourth-order valence-electron chi connectivity index (χ4n) is 1.86. The molecule has 102 valence electrons. The first kappa shape index (κ1) is 15.0. The third-order valence-electron chi connectivity index (χ3n) is 2.41. The minimum Gasteiger partial charge on any atom is -0.388 e. The molecule has 1 aromatic rings. The van der Waals surface area contributed by atoms with Gasteiger partial charge in [0, 0.05) is 12.6 Å². The number of nitrogens with zero attached hydrogens (tertiary/aromatic N) is 2. The molecule has 1 aromatic heterocycles. The number of hydrogen-bond donors (Lipinski definition) is 3. The van der Waals surface area contributed by atoms with E-state index in [1.54, 1.807) is 6.07 Å². The van der Waals surface area contributed by atoms with Crippen LogP contribution in [0.15, 0.2) is 11.2 Å². The second-order valence-corrected chi connectivity index (χ2v) is 5.89. The van der Waals surface area contributed by atoms with E-state index in [0.29, 0.717) is 29.3 Å². The van der Waals surface area contributed by atoms with Gasteiger partial charge in [0.25, 0.3) is 0 Å². The molecule has 1 atom stereocenters. The Bertz CT molecular complexity index is 396. The highest BCUT2D eigenvalue weighted by Gasteiger charge is 2.21. The molecule has 4 N–H and O–H groups in total. The van der Waals surface area contributed by atoms with E-state index < -0.39 is 5.60 Å². The van der Waals surface area contributed by atoms with E-state index in [1.165, 1.54) is 11.8 Å². The molecular formula is C12H22N4OS. The predicted octanol–water partition coefficient (Wildman–Crippen LogP) is 1.99. The van der Waals surface area contributed by atoms with Crippen molar-refractivity contribution in [1.82, 2.24) is 9.97 Å². The normalized spacial score (nSPS) is 14.6. The van der Waals surface area contributed by atoms with E-state index >= 15 is 0 Å². The molecule has 5 nitrogen and oxygen atoms in total. The van der Waals surface area contributed by atoms with Gasteiger partial charge in [-0.3, -0.25) is 0 Å². The maximum absolute atomic E-state index is 10.2. The summed E-state index contributed by atoms with van der Waals surface area (Å²) < 4.78 is 0. The maximum atomic E-state index is 10.2. The molecule has 0 aliphatic rings. The summed E-state index contributed by atoms with van der Waals surface area (Å²) in [7, 11) is 0. The lowest BCUT2D eigenvalue weighted by Crippen LogP contribution is -2.35. The standard InChI is InChI=1S/C12H22N4OS/c1-8(2)6-12(3,17)7-14-10-5-9(13)15-11(16-10)18-4/h5,8,17H,6-7H2,1-4H3,(H3,13,14,15,16). The number of aliphatic hydroxyl groups is 1. The number of nitrogens with one attached hydrogen (secondary N) is 1. The quantitative estimate of drug-likeness (QED) is 0.541. The van der Waals surface area contributed by atoms with Crippen LogP contribution in [0.3, 0.4) is 0 Å². The van der Waals surface area contributed by atoms with Crippen LogP contribution in [-0.2, 0) is 0 Å². The van der Waals surface area contributed by atoms with Crippen molar-refractivity contribution in [2.75, 3.05) is 23.9 Å². The Morgan fingerprint density at radius 2 is 2.17 bits per heavy atom. The molecule has 1 heterocycles. The number of nitrogens with two attached hydrogens (primary N) is 1. The fraction of sp³-hybridized carbons (Fsp3) is 0.667. The lowest BCUT2D eigenvalue weighted by atomic mass is 9.94. The monoisotopic (exact) mass is 270 g/mol. The highest BCUT2D eigenvalue weighted by molar-refractivity contribution is 7.98. The van der Waals surface area contributed by atoms with Crippen LogP contribution in [0.5, 0.6) is 0 Å². The van der Waals surface area contributed by atoms with E-state index in [9.17, 15) is 5.11 Å². The van der Waals surface area contributed by atoms with Gasteiger partial charge in [-0.2, -0.15) is 0 Å². The number of aromatic nitrogens is 2. The maximum Gasteiger partial charge on any atom is 0.191 e. The Hall–Kier alpha value is -1.01. The van der Waals surface area contributed by atoms with E-state index in [1.807, 2.05) is 13.2 Å². The zero-order valence-electron chi connectivity index (χ0n) is 11.4. The van der Waals surface area contributed by atoms with E-state index in [0.717, 1.165) is 6.42 Å². The van der Waals surface area contributed by atoms with Crippen molar-refractivity contribution < 1.29 is 5.11 Å². The Morgan fingerprint density at radius 3 is 2.72 bits per heavy atom. The van der Waals surface area contributed by atoms with Gasteiger partial charge in [-0.05, 0) is 25.5 Å². The Morgan fingerprint density at radius 1 is 1.50 bits per heavy atom. The van der Waals surface area contributed by atoms with Crippen molar-refractivity contribution >= 4 is 23.4 Å². The summed E-state index contributed by atoms with van der Waals surface area (Å²) in [5, 5.41) is 13.9. The summed E-state index contributed by atoms with van der Waals surface area (Å²) in [5.74, 6) is 1.52. The van der Waals surface area contributed by atoms with E-state index in [4.69, 9.17) is 5.73 Å². The van der Waals surface area contributed by atoms with Crippen molar-refractivity contribution in [3.63, 3.8) is 0 Å². The molecule has 6 heteroatoms. The summed E-state index contributed by atoms with van der Waals surface area (Å²) in [6, 6.07) is 1.67. The van der Waals surface area contributed by atoms with Crippen molar-refractivity contribution in [3.05, 3.63) is 6.07 Å². The van der Waals surface area contributed by atoms with Crippen molar-refractivity contribution in [2.45, 2.75) is 37.9 Å². The topological polar surface area (TPSA) is 84.1 Å². The first-order valence-corrected chi connectivity index (χ1v) is 7.19. The lowest BCUT2D eigenvalue weighted by Gasteiger charge is -2.25. The summed E-state index contributed by atoms with van der Waals surface area (Å²) in [5.41, 5.74) is 4.93. The molecule has 1 unspecified atom stereocenters. The average molecular weight is 270 g/mol. The number of hydrogen-bond acceptors (Lipinski definition) is 6. The molecular weight excluding hydrogens is 248 g/mol.